The molecule has 0 heterocycles. The zero-order valence-electron chi connectivity index (χ0n) is 9.30. The van der Waals surface area contributed by atoms with Gasteiger partial charge in [0.2, 0.25) is 0 Å². The summed E-state index contributed by atoms with van der Waals surface area (Å²) in [6.07, 6.45) is -6.84. The van der Waals surface area contributed by atoms with Gasteiger partial charge in [0.1, 0.15) is 24.4 Å². The van der Waals surface area contributed by atoms with E-state index in [0.29, 0.717) is 0 Å². The Balaban J connectivity index is -0.000000340. The number of rotatable bonds is 5. The molecule has 0 saturated carbocycles. The second kappa shape index (κ2) is 11.4. The van der Waals surface area contributed by atoms with E-state index in [9.17, 15) is 4.79 Å². The number of carbonyl (C=O) groups is 2. The summed E-state index contributed by atoms with van der Waals surface area (Å²) in [7, 11) is 0. The number of hydrogen-bond acceptors (Lipinski definition) is 8. The predicted molar refractivity (Wildman–Crippen MR) is 55.5 cm³/mol. The van der Waals surface area contributed by atoms with Crippen LogP contribution >= 0.6 is 0 Å². The molecule has 0 fully saturated rings. The second-order valence-corrected chi connectivity index (χ2v) is 2.88. The van der Waals surface area contributed by atoms with Crippen molar-refractivity contribution in [2.24, 2.45) is 0 Å². The summed E-state index contributed by atoms with van der Waals surface area (Å²) in [5.41, 5.74) is 0. The molecule has 0 aliphatic carbocycles. The van der Waals surface area contributed by atoms with Gasteiger partial charge in [-0.25, -0.2) is 0 Å². The minimum atomic E-state index is -1.79. The highest BCUT2D eigenvalue weighted by Crippen LogP contribution is 2.02. The Morgan fingerprint density at radius 2 is 1.53 bits per heavy atom. The largest absolute Gasteiger partial charge is 0.481 e. The molecule has 9 heteroatoms. The van der Waals surface area contributed by atoms with E-state index in [-0.39, 0.29) is 12.4 Å². The fourth-order valence-corrected chi connectivity index (χ4v) is 0.618. The van der Waals surface area contributed by atoms with Crippen LogP contribution in [0.3, 0.4) is 0 Å². The minimum Gasteiger partial charge on any atom is -0.481 e. The molecule has 0 rings (SSSR count). The SMILES string of the molecule is CC(=O)O.N.O=C[C@H](O)[C@@H](O)[C@H](O)[C@H](O)CO. The summed E-state index contributed by atoms with van der Waals surface area (Å²) in [4.78, 5) is 18.9. The van der Waals surface area contributed by atoms with Crippen LogP contribution in [-0.4, -0.2) is 73.9 Å². The van der Waals surface area contributed by atoms with Crippen LogP contribution in [0.4, 0.5) is 0 Å². The van der Waals surface area contributed by atoms with Crippen LogP contribution < -0.4 is 6.15 Å². The average molecular weight is 257 g/mol. The highest BCUT2D eigenvalue weighted by atomic mass is 16.4. The molecule has 0 aliphatic rings. The van der Waals surface area contributed by atoms with Crippen LogP contribution in [0.5, 0.6) is 0 Å². The third kappa shape index (κ3) is 11.2. The molecule has 9 nitrogen and oxygen atoms in total. The number of hydrogen-bond donors (Lipinski definition) is 7. The maximum Gasteiger partial charge on any atom is 0.300 e. The lowest BCUT2D eigenvalue weighted by Crippen LogP contribution is -2.46. The van der Waals surface area contributed by atoms with E-state index in [2.05, 4.69) is 0 Å². The van der Waals surface area contributed by atoms with Gasteiger partial charge in [-0.1, -0.05) is 0 Å². The molecule has 0 spiro atoms. The molecule has 0 unspecified atom stereocenters. The third-order valence-electron chi connectivity index (χ3n) is 1.42. The average Bonchev–Trinajstić information content (AvgIpc) is 2.24. The number of aliphatic carboxylic acids is 1. The van der Waals surface area contributed by atoms with E-state index >= 15 is 0 Å². The number of aliphatic hydroxyl groups is 5. The van der Waals surface area contributed by atoms with Crippen LogP contribution in [0.25, 0.3) is 0 Å². The van der Waals surface area contributed by atoms with Crippen LogP contribution in [0.15, 0.2) is 0 Å². The summed E-state index contributed by atoms with van der Waals surface area (Å²) >= 11 is 0. The lowest BCUT2D eigenvalue weighted by molar-refractivity contribution is -0.136. The number of carboxylic acids is 1. The molecule has 9 N–H and O–H groups in total. The normalized spacial score (nSPS) is 16.4. The molecule has 0 bridgehead atoms. The van der Waals surface area contributed by atoms with E-state index < -0.39 is 37.0 Å². The Bertz CT molecular complexity index is 208. The Kier molecular flexibility index (Phi) is 14.2. The Morgan fingerprint density at radius 3 is 1.76 bits per heavy atom. The van der Waals surface area contributed by atoms with E-state index in [0.717, 1.165) is 6.92 Å². The molecular weight excluding hydrogens is 238 g/mol. The van der Waals surface area contributed by atoms with Crippen LogP contribution in [-0.2, 0) is 9.59 Å². The van der Waals surface area contributed by atoms with Crippen LogP contribution in [0, 0.1) is 0 Å². The van der Waals surface area contributed by atoms with Gasteiger partial charge in [-0.2, -0.15) is 0 Å². The Hall–Kier alpha value is -1.10. The van der Waals surface area contributed by atoms with Crippen LogP contribution in [0.2, 0.25) is 0 Å². The topological polar surface area (TPSA) is 191 Å². The second-order valence-electron chi connectivity index (χ2n) is 2.88. The smallest absolute Gasteiger partial charge is 0.300 e. The standard InChI is InChI=1S/C6H12O6.C2H4O2.H3N/c7-1-3(9)5(11)6(12)4(10)2-8;1-2(3)4;/h1,3-6,8-12H,2H2;1H3,(H,3,4);1H3/t3-,4+,5+,6+;;/m0../s1. The molecule has 104 valence electrons. The van der Waals surface area contributed by atoms with Gasteiger partial charge in [-0.05, 0) is 0 Å². The van der Waals surface area contributed by atoms with Crippen LogP contribution in [0.1, 0.15) is 6.92 Å². The fraction of sp³-hybridized carbons (Fsp3) is 0.750. The van der Waals surface area contributed by atoms with Gasteiger partial charge in [-0.3, -0.25) is 4.79 Å². The number of carboxylic acid groups (broad SMARTS) is 1. The lowest BCUT2D eigenvalue weighted by atomic mass is 10.0. The first-order chi connectivity index (χ1) is 7.27. The van der Waals surface area contributed by atoms with Crippen molar-refractivity contribution in [1.29, 1.82) is 0 Å². The van der Waals surface area contributed by atoms with Gasteiger partial charge < -0.3 is 41.6 Å². The molecule has 0 aromatic carbocycles. The quantitative estimate of drug-likeness (QED) is 0.249. The first-order valence-electron chi connectivity index (χ1n) is 4.25. The number of aliphatic hydroxyl groups excluding tert-OH is 5. The van der Waals surface area contributed by atoms with Gasteiger partial charge >= 0.3 is 0 Å². The fourth-order valence-electron chi connectivity index (χ4n) is 0.618. The van der Waals surface area contributed by atoms with Gasteiger partial charge in [-0.15, -0.1) is 0 Å². The third-order valence-corrected chi connectivity index (χ3v) is 1.42. The summed E-state index contributed by atoms with van der Waals surface area (Å²) in [5, 5.41) is 51.0. The Morgan fingerprint density at radius 1 is 1.18 bits per heavy atom. The summed E-state index contributed by atoms with van der Waals surface area (Å²) < 4.78 is 0. The molecule has 0 aliphatic heterocycles. The first kappa shape index (κ1) is 21.2. The predicted octanol–water partition coefficient (Wildman–Crippen LogP) is -3.13. The van der Waals surface area contributed by atoms with Crippen molar-refractivity contribution in [3.8, 4) is 0 Å². The molecule has 0 aromatic heterocycles. The minimum absolute atomic E-state index is 0. The van der Waals surface area contributed by atoms with Crippen molar-refractivity contribution in [1.82, 2.24) is 6.15 Å². The summed E-state index contributed by atoms with van der Waals surface area (Å²) in [6.45, 7) is 0.323. The van der Waals surface area contributed by atoms with Gasteiger partial charge in [0.15, 0.2) is 6.29 Å². The highest BCUT2D eigenvalue weighted by molar-refractivity contribution is 5.62. The number of carbonyl (C=O) groups excluding carboxylic acids is 1. The first-order valence-corrected chi connectivity index (χ1v) is 4.25. The van der Waals surface area contributed by atoms with Crippen molar-refractivity contribution in [2.45, 2.75) is 31.3 Å². The molecule has 0 amide bonds. The number of aldehydes is 1. The summed E-state index contributed by atoms with van der Waals surface area (Å²) in [5.74, 6) is -0.833. The van der Waals surface area contributed by atoms with Gasteiger partial charge in [0, 0.05) is 6.92 Å². The summed E-state index contributed by atoms with van der Waals surface area (Å²) in [6, 6.07) is 0. The molecular formula is C8H19NO8. The molecule has 0 radical (unpaired) electrons. The zero-order valence-corrected chi connectivity index (χ0v) is 9.30. The molecule has 4 atom stereocenters. The van der Waals surface area contributed by atoms with Crippen molar-refractivity contribution in [3.63, 3.8) is 0 Å². The monoisotopic (exact) mass is 257 g/mol. The van der Waals surface area contributed by atoms with Crippen molar-refractivity contribution >= 4 is 12.3 Å². The van der Waals surface area contributed by atoms with E-state index in [1.807, 2.05) is 0 Å². The maximum absolute atomic E-state index is 9.90. The molecule has 17 heavy (non-hydrogen) atoms. The van der Waals surface area contributed by atoms with Crippen molar-refractivity contribution in [2.75, 3.05) is 6.61 Å². The van der Waals surface area contributed by atoms with Gasteiger partial charge in [0.25, 0.3) is 5.97 Å². The zero-order chi connectivity index (χ0) is 13.3. The Labute approximate surface area is 97.5 Å². The lowest BCUT2D eigenvalue weighted by Gasteiger charge is -2.22. The highest BCUT2D eigenvalue weighted by Gasteiger charge is 2.29. The molecule has 0 aromatic rings. The van der Waals surface area contributed by atoms with Crippen molar-refractivity contribution < 1.29 is 40.2 Å². The van der Waals surface area contributed by atoms with Crippen molar-refractivity contribution in [3.05, 3.63) is 0 Å². The van der Waals surface area contributed by atoms with Gasteiger partial charge in [0.05, 0.1) is 6.61 Å². The maximum atomic E-state index is 9.90. The van der Waals surface area contributed by atoms with E-state index in [1.54, 1.807) is 0 Å². The molecule has 0 saturated heterocycles. The van der Waals surface area contributed by atoms with E-state index in [4.69, 9.17) is 35.4 Å². The van der Waals surface area contributed by atoms with E-state index in [1.165, 1.54) is 0 Å².